The van der Waals surface area contributed by atoms with E-state index in [1.165, 1.54) is 55.2 Å². The summed E-state index contributed by atoms with van der Waals surface area (Å²) in [5, 5.41) is 13.9. The van der Waals surface area contributed by atoms with E-state index in [1.54, 1.807) is 0 Å². The molecule has 2 aliphatic carbocycles. The average Bonchev–Trinajstić information content (AvgIpc) is 2.83. The van der Waals surface area contributed by atoms with Gasteiger partial charge in [0.2, 0.25) is 0 Å². The maximum atomic E-state index is 10.2. The topological polar surface area (TPSA) is 32.3 Å². The molecule has 1 saturated carbocycles. The molecule has 2 nitrogen and oxygen atoms in total. The van der Waals surface area contributed by atoms with Crippen LogP contribution in [-0.4, -0.2) is 17.3 Å². The molecule has 0 heterocycles. The molecular formula is C18H27NO. The van der Waals surface area contributed by atoms with Gasteiger partial charge in [0, 0.05) is 12.1 Å². The summed E-state index contributed by atoms with van der Waals surface area (Å²) in [7, 11) is 0. The average molecular weight is 273 g/mol. The predicted molar refractivity (Wildman–Crippen MR) is 82.9 cm³/mol. The van der Waals surface area contributed by atoms with E-state index in [4.69, 9.17) is 0 Å². The predicted octanol–water partition coefficient (Wildman–Crippen LogP) is 3.52. The summed E-state index contributed by atoms with van der Waals surface area (Å²) in [6, 6.07) is 7.55. The first-order chi connectivity index (χ1) is 9.74. The molecule has 3 rings (SSSR count). The number of aryl methyl sites for hydroxylation is 2. The summed E-state index contributed by atoms with van der Waals surface area (Å²) in [5.41, 5.74) is 4.45. The highest BCUT2D eigenvalue weighted by atomic mass is 16.3. The van der Waals surface area contributed by atoms with Crippen LogP contribution in [0.15, 0.2) is 18.2 Å². The molecule has 0 aromatic heterocycles. The Kier molecular flexibility index (Phi) is 4.42. The molecule has 0 amide bonds. The largest absolute Gasteiger partial charge is 0.392 e. The lowest BCUT2D eigenvalue weighted by atomic mass is 9.99. The molecule has 0 bridgehead atoms. The van der Waals surface area contributed by atoms with Gasteiger partial charge in [0.15, 0.2) is 0 Å². The normalized spacial score (nSPS) is 27.9. The number of aliphatic hydroxyl groups is 1. The van der Waals surface area contributed by atoms with Crippen molar-refractivity contribution in [3.05, 3.63) is 34.9 Å². The van der Waals surface area contributed by atoms with E-state index in [2.05, 4.69) is 30.4 Å². The van der Waals surface area contributed by atoms with Crippen molar-refractivity contribution in [3.63, 3.8) is 0 Å². The highest BCUT2D eigenvalue weighted by molar-refractivity contribution is 5.36. The summed E-state index contributed by atoms with van der Waals surface area (Å²) < 4.78 is 0. The SMILES string of the molecule is CC(NC1CCCCCC1O)c1ccc2c(c1)CCC2. The molecule has 110 valence electrons. The zero-order valence-electron chi connectivity index (χ0n) is 12.6. The quantitative estimate of drug-likeness (QED) is 0.826. The first-order valence-corrected chi connectivity index (χ1v) is 8.30. The van der Waals surface area contributed by atoms with Gasteiger partial charge in [-0.2, -0.15) is 0 Å². The van der Waals surface area contributed by atoms with Crippen molar-refractivity contribution in [2.75, 3.05) is 0 Å². The minimum Gasteiger partial charge on any atom is -0.392 e. The number of hydrogen-bond acceptors (Lipinski definition) is 2. The Morgan fingerprint density at radius 2 is 1.85 bits per heavy atom. The van der Waals surface area contributed by atoms with Gasteiger partial charge < -0.3 is 10.4 Å². The first kappa shape index (κ1) is 14.1. The molecule has 0 saturated heterocycles. The van der Waals surface area contributed by atoms with Gasteiger partial charge in [0.1, 0.15) is 0 Å². The van der Waals surface area contributed by atoms with Crippen LogP contribution in [0.1, 0.15) is 68.2 Å². The van der Waals surface area contributed by atoms with Crippen LogP contribution in [0.4, 0.5) is 0 Å². The summed E-state index contributed by atoms with van der Waals surface area (Å²) in [6.07, 6.45) is 9.36. The second-order valence-corrected chi connectivity index (χ2v) is 6.58. The lowest BCUT2D eigenvalue weighted by Gasteiger charge is -2.26. The molecule has 3 atom stereocenters. The molecular weight excluding hydrogens is 246 g/mol. The zero-order valence-corrected chi connectivity index (χ0v) is 12.6. The lowest BCUT2D eigenvalue weighted by Crippen LogP contribution is -2.40. The Morgan fingerprint density at radius 3 is 2.75 bits per heavy atom. The fourth-order valence-electron chi connectivity index (χ4n) is 3.76. The molecule has 1 fully saturated rings. The maximum absolute atomic E-state index is 10.2. The van der Waals surface area contributed by atoms with Gasteiger partial charge in [-0.15, -0.1) is 0 Å². The van der Waals surface area contributed by atoms with Gasteiger partial charge >= 0.3 is 0 Å². The number of nitrogens with one attached hydrogen (secondary N) is 1. The smallest absolute Gasteiger partial charge is 0.0693 e. The van der Waals surface area contributed by atoms with E-state index in [9.17, 15) is 5.11 Å². The molecule has 20 heavy (non-hydrogen) atoms. The van der Waals surface area contributed by atoms with E-state index in [1.807, 2.05) is 0 Å². The van der Waals surface area contributed by atoms with Crippen molar-refractivity contribution in [2.24, 2.45) is 0 Å². The Hall–Kier alpha value is -0.860. The van der Waals surface area contributed by atoms with Crippen LogP contribution < -0.4 is 5.32 Å². The van der Waals surface area contributed by atoms with Crippen LogP contribution in [0, 0.1) is 0 Å². The number of hydrogen-bond donors (Lipinski definition) is 2. The summed E-state index contributed by atoms with van der Waals surface area (Å²) in [5.74, 6) is 0. The molecule has 1 aromatic carbocycles. The Morgan fingerprint density at radius 1 is 1.05 bits per heavy atom. The van der Waals surface area contributed by atoms with Gasteiger partial charge in [-0.05, 0) is 55.7 Å². The van der Waals surface area contributed by atoms with Crippen LogP contribution in [0.5, 0.6) is 0 Å². The van der Waals surface area contributed by atoms with Crippen molar-refractivity contribution < 1.29 is 5.11 Å². The first-order valence-electron chi connectivity index (χ1n) is 8.30. The molecule has 0 spiro atoms. The van der Waals surface area contributed by atoms with E-state index in [-0.39, 0.29) is 12.1 Å². The second kappa shape index (κ2) is 6.28. The third-order valence-electron chi connectivity index (χ3n) is 5.07. The van der Waals surface area contributed by atoms with Crippen molar-refractivity contribution in [1.29, 1.82) is 0 Å². The van der Waals surface area contributed by atoms with Crippen LogP contribution >= 0.6 is 0 Å². The van der Waals surface area contributed by atoms with E-state index in [0.717, 1.165) is 12.8 Å². The zero-order chi connectivity index (χ0) is 13.9. The number of benzene rings is 1. The number of aliphatic hydroxyl groups excluding tert-OH is 1. The van der Waals surface area contributed by atoms with Gasteiger partial charge in [-0.25, -0.2) is 0 Å². The van der Waals surface area contributed by atoms with Crippen molar-refractivity contribution in [2.45, 2.75) is 76.5 Å². The minimum absolute atomic E-state index is 0.172. The monoisotopic (exact) mass is 273 g/mol. The molecule has 0 aliphatic heterocycles. The third-order valence-corrected chi connectivity index (χ3v) is 5.07. The highest BCUT2D eigenvalue weighted by Gasteiger charge is 2.23. The third kappa shape index (κ3) is 3.07. The molecule has 1 aromatic rings. The van der Waals surface area contributed by atoms with Crippen molar-refractivity contribution in [3.8, 4) is 0 Å². The Balaban J connectivity index is 1.67. The highest BCUT2D eigenvalue weighted by Crippen LogP contribution is 2.27. The fourth-order valence-corrected chi connectivity index (χ4v) is 3.76. The number of rotatable bonds is 3. The van der Waals surface area contributed by atoms with Gasteiger partial charge in [0.25, 0.3) is 0 Å². The Labute approximate surface area is 122 Å². The van der Waals surface area contributed by atoms with E-state index < -0.39 is 0 Å². The molecule has 2 aliphatic rings. The van der Waals surface area contributed by atoms with Crippen LogP contribution in [0.2, 0.25) is 0 Å². The standard InChI is InChI=1S/C18H27NO/c1-13(19-17-8-3-2-4-9-18(17)20)15-11-10-14-6-5-7-16(14)12-15/h10-13,17-20H,2-9H2,1H3. The second-order valence-electron chi connectivity index (χ2n) is 6.58. The number of fused-ring (bicyclic) bond motifs is 1. The molecule has 3 unspecified atom stereocenters. The summed E-state index contributed by atoms with van der Waals surface area (Å²) in [6.45, 7) is 2.23. The maximum Gasteiger partial charge on any atom is 0.0693 e. The van der Waals surface area contributed by atoms with E-state index >= 15 is 0 Å². The Bertz CT molecular complexity index is 457. The molecule has 2 N–H and O–H groups in total. The van der Waals surface area contributed by atoms with Crippen molar-refractivity contribution >= 4 is 0 Å². The lowest BCUT2D eigenvalue weighted by molar-refractivity contribution is 0.115. The molecule has 2 heteroatoms. The molecule has 0 radical (unpaired) electrons. The van der Waals surface area contributed by atoms with Gasteiger partial charge in [0.05, 0.1) is 6.10 Å². The van der Waals surface area contributed by atoms with Crippen LogP contribution in [0.25, 0.3) is 0 Å². The summed E-state index contributed by atoms with van der Waals surface area (Å²) >= 11 is 0. The summed E-state index contributed by atoms with van der Waals surface area (Å²) in [4.78, 5) is 0. The van der Waals surface area contributed by atoms with Gasteiger partial charge in [-0.3, -0.25) is 0 Å². The van der Waals surface area contributed by atoms with Gasteiger partial charge in [-0.1, -0.05) is 37.5 Å². The fraction of sp³-hybridized carbons (Fsp3) is 0.667. The van der Waals surface area contributed by atoms with Crippen LogP contribution in [0.3, 0.4) is 0 Å². The minimum atomic E-state index is -0.172. The van der Waals surface area contributed by atoms with Crippen LogP contribution in [-0.2, 0) is 12.8 Å². The van der Waals surface area contributed by atoms with Crippen molar-refractivity contribution in [1.82, 2.24) is 5.32 Å². The van der Waals surface area contributed by atoms with E-state index in [0.29, 0.717) is 6.04 Å².